The van der Waals surface area contributed by atoms with Gasteiger partial charge in [0.2, 0.25) is 5.91 Å². The van der Waals surface area contributed by atoms with Gasteiger partial charge in [0.15, 0.2) is 0 Å². The summed E-state index contributed by atoms with van der Waals surface area (Å²) in [4.78, 5) is 48.5. The molecule has 8 nitrogen and oxygen atoms in total. The largest absolute Gasteiger partial charge is 0.480 e. The monoisotopic (exact) mass is 285 g/mol. The van der Waals surface area contributed by atoms with Gasteiger partial charge in [-0.25, -0.2) is 9.59 Å². The van der Waals surface area contributed by atoms with Crippen molar-refractivity contribution in [2.24, 2.45) is 0 Å². The molecule has 1 aromatic rings. The number of amides is 1. The van der Waals surface area contributed by atoms with Crippen LogP contribution in [0.2, 0.25) is 0 Å². The van der Waals surface area contributed by atoms with Crippen LogP contribution in [0.15, 0.2) is 21.9 Å². The minimum atomic E-state index is -1.06. The highest BCUT2D eigenvalue weighted by Crippen LogP contribution is 2.21. The van der Waals surface area contributed by atoms with Crippen molar-refractivity contribution in [1.82, 2.24) is 14.5 Å². The van der Waals surface area contributed by atoms with Crippen molar-refractivity contribution < 1.29 is 14.7 Å². The molecular formula is C10H11N3O5S. The highest BCUT2D eigenvalue weighted by atomic mass is 32.2. The van der Waals surface area contributed by atoms with Crippen LogP contribution in [0.1, 0.15) is 0 Å². The molecule has 102 valence electrons. The molecule has 0 bridgehead atoms. The van der Waals surface area contributed by atoms with E-state index in [2.05, 4.69) is 0 Å². The number of rotatable bonds is 3. The van der Waals surface area contributed by atoms with Crippen molar-refractivity contribution in [3.63, 3.8) is 0 Å². The van der Waals surface area contributed by atoms with Crippen LogP contribution >= 0.6 is 11.8 Å². The molecule has 1 amide bonds. The minimum absolute atomic E-state index is 0.286. The van der Waals surface area contributed by atoms with Crippen molar-refractivity contribution in [1.29, 1.82) is 0 Å². The standard InChI is InChI=1S/C10H11N3O5S/c14-7-1-2-12(10(18)11-7)3-8(15)13-5-19-4-6(13)9(16)17/h1-2,6H,3-5H2,(H,16,17)(H,11,14,18). The number of carbonyl (C=O) groups is 2. The number of hydrogen-bond donors (Lipinski definition) is 2. The highest BCUT2D eigenvalue weighted by molar-refractivity contribution is 7.99. The molecule has 1 aliphatic heterocycles. The molecule has 2 heterocycles. The molecule has 1 aliphatic rings. The van der Waals surface area contributed by atoms with E-state index in [0.29, 0.717) is 5.75 Å². The number of nitrogens with zero attached hydrogens (tertiary/aromatic N) is 2. The molecule has 0 saturated carbocycles. The van der Waals surface area contributed by atoms with Crippen molar-refractivity contribution in [2.45, 2.75) is 12.6 Å². The number of nitrogens with one attached hydrogen (secondary N) is 1. The third kappa shape index (κ3) is 2.87. The van der Waals surface area contributed by atoms with Crippen molar-refractivity contribution in [2.75, 3.05) is 11.6 Å². The number of carboxylic acid groups (broad SMARTS) is 1. The van der Waals surface area contributed by atoms with Crippen LogP contribution in [-0.2, 0) is 16.1 Å². The fourth-order valence-electron chi connectivity index (χ4n) is 1.70. The number of aromatic nitrogens is 2. The van der Waals surface area contributed by atoms with E-state index < -0.39 is 29.2 Å². The number of carboxylic acids is 1. The van der Waals surface area contributed by atoms with E-state index in [1.54, 1.807) is 0 Å². The van der Waals surface area contributed by atoms with E-state index in [1.807, 2.05) is 4.98 Å². The van der Waals surface area contributed by atoms with Crippen LogP contribution in [-0.4, -0.2) is 49.1 Å². The minimum Gasteiger partial charge on any atom is -0.480 e. The lowest BCUT2D eigenvalue weighted by atomic mass is 10.3. The Balaban J connectivity index is 2.15. The van der Waals surface area contributed by atoms with Crippen LogP contribution in [0.4, 0.5) is 0 Å². The summed E-state index contributed by atoms with van der Waals surface area (Å²) in [7, 11) is 0. The van der Waals surface area contributed by atoms with Gasteiger partial charge in [-0.3, -0.25) is 19.1 Å². The molecule has 1 saturated heterocycles. The molecule has 1 atom stereocenters. The van der Waals surface area contributed by atoms with Crippen molar-refractivity contribution in [3.05, 3.63) is 33.1 Å². The number of H-pyrrole nitrogens is 1. The average molecular weight is 285 g/mol. The molecule has 1 unspecified atom stereocenters. The van der Waals surface area contributed by atoms with Crippen LogP contribution < -0.4 is 11.2 Å². The summed E-state index contributed by atoms with van der Waals surface area (Å²) in [6.45, 7) is -0.292. The summed E-state index contributed by atoms with van der Waals surface area (Å²) in [5, 5.41) is 8.97. The maximum absolute atomic E-state index is 12.0. The second-order valence-corrected chi connectivity index (χ2v) is 4.96. The molecule has 0 spiro atoms. The van der Waals surface area contributed by atoms with Gasteiger partial charge >= 0.3 is 11.7 Å². The van der Waals surface area contributed by atoms with Gasteiger partial charge in [-0.1, -0.05) is 0 Å². The molecule has 2 rings (SSSR count). The Bertz CT molecular complexity index is 622. The first-order valence-electron chi connectivity index (χ1n) is 5.39. The van der Waals surface area contributed by atoms with Gasteiger partial charge in [0, 0.05) is 18.0 Å². The van der Waals surface area contributed by atoms with E-state index in [-0.39, 0.29) is 12.4 Å². The summed E-state index contributed by atoms with van der Waals surface area (Å²) in [6, 6.07) is 0.262. The van der Waals surface area contributed by atoms with Crippen molar-refractivity contribution in [3.8, 4) is 0 Å². The second kappa shape index (κ2) is 5.31. The van der Waals surface area contributed by atoms with E-state index in [4.69, 9.17) is 5.11 Å². The summed E-state index contributed by atoms with van der Waals surface area (Å²) >= 11 is 1.34. The smallest absolute Gasteiger partial charge is 0.328 e. The number of hydrogen-bond acceptors (Lipinski definition) is 5. The first kappa shape index (κ1) is 13.4. The van der Waals surface area contributed by atoms with Gasteiger partial charge in [-0.15, -0.1) is 11.8 Å². The number of thioether (sulfide) groups is 1. The van der Waals surface area contributed by atoms with E-state index in [1.165, 1.54) is 22.9 Å². The lowest BCUT2D eigenvalue weighted by Crippen LogP contribution is -2.44. The normalized spacial score (nSPS) is 18.5. The third-order valence-electron chi connectivity index (χ3n) is 2.69. The van der Waals surface area contributed by atoms with Crippen LogP contribution in [0.5, 0.6) is 0 Å². The van der Waals surface area contributed by atoms with Crippen LogP contribution in [0.3, 0.4) is 0 Å². The Hall–Kier alpha value is -2.03. The van der Waals surface area contributed by atoms with Crippen LogP contribution in [0, 0.1) is 0 Å². The van der Waals surface area contributed by atoms with Crippen molar-refractivity contribution >= 4 is 23.6 Å². The molecule has 0 radical (unpaired) electrons. The first-order valence-corrected chi connectivity index (χ1v) is 6.54. The van der Waals surface area contributed by atoms with Gasteiger partial charge in [0.05, 0.1) is 5.88 Å². The SMILES string of the molecule is O=C(O)C1CSCN1C(=O)Cn1ccc(=O)[nH]c1=O. The quantitative estimate of drug-likeness (QED) is 0.700. The molecule has 0 aromatic carbocycles. The Morgan fingerprint density at radius 1 is 1.47 bits per heavy atom. The topological polar surface area (TPSA) is 112 Å². The van der Waals surface area contributed by atoms with Crippen LogP contribution in [0.25, 0.3) is 0 Å². The van der Waals surface area contributed by atoms with E-state index >= 15 is 0 Å². The number of aromatic amines is 1. The van der Waals surface area contributed by atoms with Gasteiger partial charge in [-0.05, 0) is 0 Å². The molecule has 2 N–H and O–H groups in total. The second-order valence-electron chi connectivity index (χ2n) is 3.96. The lowest BCUT2D eigenvalue weighted by Gasteiger charge is -2.20. The zero-order valence-electron chi connectivity index (χ0n) is 9.74. The summed E-state index contributed by atoms with van der Waals surface area (Å²) in [5.74, 6) is -0.908. The fourth-order valence-corrected chi connectivity index (χ4v) is 2.87. The highest BCUT2D eigenvalue weighted by Gasteiger charge is 2.34. The average Bonchev–Trinajstić information content (AvgIpc) is 2.82. The van der Waals surface area contributed by atoms with Gasteiger partial charge in [0.25, 0.3) is 5.56 Å². The predicted octanol–water partition coefficient (Wildman–Crippen LogP) is -1.48. The Morgan fingerprint density at radius 2 is 2.21 bits per heavy atom. The Morgan fingerprint density at radius 3 is 2.84 bits per heavy atom. The summed E-state index contributed by atoms with van der Waals surface area (Å²) < 4.78 is 1.03. The lowest BCUT2D eigenvalue weighted by molar-refractivity contribution is -0.148. The summed E-state index contributed by atoms with van der Waals surface area (Å²) in [6.07, 6.45) is 1.21. The number of aliphatic carboxylic acids is 1. The molecule has 0 aliphatic carbocycles. The molecule has 9 heteroatoms. The zero-order chi connectivity index (χ0) is 14.0. The fraction of sp³-hybridized carbons (Fsp3) is 0.400. The van der Waals surface area contributed by atoms with Gasteiger partial charge < -0.3 is 10.0 Å². The molecule has 1 fully saturated rings. The molecular weight excluding hydrogens is 274 g/mol. The van der Waals surface area contributed by atoms with Gasteiger partial charge in [-0.2, -0.15) is 0 Å². The maximum Gasteiger partial charge on any atom is 0.328 e. The van der Waals surface area contributed by atoms with E-state index in [9.17, 15) is 19.2 Å². The Labute approximate surface area is 111 Å². The third-order valence-corrected chi connectivity index (χ3v) is 3.70. The molecule has 19 heavy (non-hydrogen) atoms. The predicted molar refractivity (Wildman–Crippen MR) is 66.9 cm³/mol. The van der Waals surface area contributed by atoms with Gasteiger partial charge in [0.1, 0.15) is 12.6 Å². The first-order chi connectivity index (χ1) is 8.99. The maximum atomic E-state index is 12.0. The zero-order valence-corrected chi connectivity index (χ0v) is 10.6. The Kier molecular flexibility index (Phi) is 3.74. The summed E-state index contributed by atoms with van der Waals surface area (Å²) in [5.41, 5.74) is -1.24. The van der Waals surface area contributed by atoms with E-state index in [0.717, 1.165) is 10.6 Å². The number of carbonyl (C=O) groups excluding carboxylic acids is 1. The molecule has 1 aromatic heterocycles.